The second-order valence-electron chi connectivity index (χ2n) is 14.0. The first kappa shape index (κ1) is 44.3. The summed E-state index contributed by atoms with van der Waals surface area (Å²) in [5.74, 6) is 0.748. The number of aromatic nitrogens is 4. The van der Waals surface area contributed by atoms with Crippen molar-refractivity contribution in [3.8, 4) is 28.6 Å². The average molecular weight is 949 g/mol. The molecular formula is C39H45IN6O10S2. The number of rotatable bonds is 17. The first-order chi connectivity index (χ1) is 27.5. The molecule has 1 atom stereocenters. The highest BCUT2D eigenvalue weighted by molar-refractivity contribution is 14.1. The number of aliphatic hydroxyl groups is 1. The highest BCUT2D eigenvalue weighted by atomic mass is 127. The number of sulfonamides is 1. The van der Waals surface area contributed by atoms with Crippen molar-refractivity contribution in [2.24, 2.45) is 0 Å². The van der Waals surface area contributed by atoms with Gasteiger partial charge in [0.2, 0.25) is 15.8 Å². The minimum absolute atomic E-state index is 0.0993. The Morgan fingerprint density at radius 3 is 1.78 bits per heavy atom. The van der Waals surface area contributed by atoms with E-state index in [1.54, 1.807) is 88.5 Å². The van der Waals surface area contributed by atoms with Gasteiger partial charge < -0.3 is 29.4 Å². The standard InChI is InChI=1S/C39H45IN6O10S2/c1-39(2,3)56-38(48)41-29(24-47)25-57(49,50)34-20-19-33(40)35(37-42-44-46(43-37)23-28-11-17-32(55-6)18-12-28)36(34)58(51,52)45(21-26-7-13-30(53-4)14-8-26)22-27-9-15-31(54-5)16-10-27/h7-20,29,47H,21-25H2,1-6H3,(H,41,48)/t29-/m0/s1. The van der Waals surface area contributed by atoms with Gasteiger partial charge in [-0.25, -0.2) is 21.6 Å². The fourth-order valence-corrected chi connectivity index (χ4v) is 10.6. The summed E-state index contributed by atoms with van der Waals surface area (Å²) in [5.41, 5.74) is 0.948. The van der Waals surface area contributed by atoms with Crippen molar-refractivity contribution in [2.45, 2.75) is 61.8 Å². The zero-order chi connectivity index (χ0) is 42.3. The van der Waals surface area contributed by atoms with Gasteiger partial charge in [0.25, 0.3) is 0 Å². The molecule has 0 bridgehead atoms. The smallest absolute Gasteiger partial charge is 0.407 e. The monoisotopic (exact) mass is 948 g/mol. The molecule has 58 heavy (non-hydrogen) atoms. The van der Waals surface area contributed by atoms with Gasteiger partial charge in [-0.2, -0.15) is 9.10 Å². The fraction of sp³-hybridized carbons (Fsp3) is 0.333. The highest BCUT2D eigenvalue weighted by Crippen LogP contribution is 2.38. The highest BCUT2D eigenvalue weighted by Gasteiger charge is 2.38. The molecule has 5 aromatic rings. The molecule has 0 saturated carbocycles. The summed E-state index contributed by atoms with van der Waals surface area (Å²) >= 11 is 1.91. The first-order valence-electron chi connectivity index (χ1n) is 17.8. The number of hydrogen-bond acceptors (Lipinski definition) is 13. The number of nitrogens with zero attached hydrogens (tertiary/aromatic N) is 5. The SMILES string of the molecule is COc1ccc(CN(Cc2ccc(OC)cc2)S(=O)(=O)c2c(S(=O)(=O)C[C@H](CO)NC(=O)OC(C)(C)C)ccc(I)c2-c2nnn(Cc3ccc(OC)cc3)n2)cc1. The van der Waals surface area contributed by atoms with E-state index in [4.69, 9.17) is 18.9 Å². The number of benzene rings is 4. The molecule has 5 rings (SSSR count). The van der Waals surface area contributed by atoms with Gasteiger partial charge in [-0.3, -0.25) is 0 Å². The number of hydrogen-bond donors (Lipinski definition) is 2. The van der Waals surface area contributed by atoms with Crippen molar-refractivity contribution in [2.75, 3.05) is 33.7 Å². The third kappa shape index (κ3) is 11.2. The maximum atomic E-state index is 15.4. The number of nitrogens with one attached hydrogen (secondary N) is 1. The second-order valence-corrected chi connectivity index (χ2v) is 19.1. The van der Waals surface area contributed by atoms with Crippen LogP contribution in [0.5, 0.6) is 17.2 Å². The lowest BCUT2D eigenvalue weighted by molar-refractivity contribution is 0.0490. The summed E-state index contributed by atoms with van der Waals surface area (Å²) in [4.78, 5) is 12.7. The van der Waals surface area contributed by atoms with E-state index >= 15 is 8.42 Å². The summed E-state index contributed by atoms with van der Waals surface area (Å²) in [7, 11) is -4.86. The first-order valence-corrected chi connectivity index (χ1v) is 22.0. The fourth-order valence-electron chi connectivity index (χ4n) is 5.75. The molecule has 4 aromatic carbocycles. The molecule has 2 N–H and O–H groups in total. The molecule has 0 unspecified atom stereocenters. The van der Waals surface area contributed by atoms with Gasteiger partial charge in [0.05, 0.1) is 56.7 Å². The lowest BCUT2D eigenvalue weighted by Crippen LogP contribution is -2.44. The molecule has 1 amide bonds. The number of carbonyl (C=O) groups excluding carboxylic acids is 1. The molecule has 1 heterocycles. The summed E-state index contributed by atoms with van der Waals surface area (Å²) in [6.45, 7) is 3.90. The molecule has 0 aliphatic carbocycles. The van der Waals surface area contributed by atoms with E-state index in [1.807, 2.05) is 34.7 Å². The van der Waals surface area contributed by atoms with Gasteiger partial charge >= 0.3 is 6.09 Å². The van der Waals surface area contributed by atoms with Crippen molar-refractivity contribution in [3.63, 3.8) is 0 Å². The van der Waals surface area contributed by atoms with E-state index in [-0.39, 0.29) is 31.0 Å². The Hall–Kier alpha value is -4.83. The zero-order valence-electron chi connectivity index (χ0n) is 32.7. The van der Waals surface area contributed by atoms with Gasteiger partial charge in [-0.1, -0.05) is 36.4 Å². The van der Waals surface area contributed by atoms with Gasteiger partial charge in [-0.05, 0) is 114 Å². The van der Waals surface area contributed by atoms with E-state index in [2.05, 4.69) is 20.7 Å². The van der Waals surface area contributed by atoms with Crippen LogP contribution in [0.15, 0.2) is 94.7 Å². The molecule has 1 aromatic heterocycles. The van der Waals surface area contributed by atoms with E-state index in [0.717, 1.165) is 9.87 Å². The average Bonchev–Trinajstić information content (AvgIpc) is 3.64. The normalized spacial score (nSPS) is 12.6. The molecule has 310 valence electrons. The van der Waals surface area contributed by atoms with Crippen LogP contribution in [0.25, 0.3) is 11.4 Å². The van der Waals surface area contributed by atoms with Gasteiger partial charge in [0.15, 0.2) is 9.84 Å². The van der Waals surface area contributed by atoms with Crippen LogP contribution in [0.2, 0.25) is 0 Å². The Morgan fingerprint density at radius 1 is 0.810 bits per heavy atom. The third-order valence-electron chi connectivity index (χ3n) is 8.56. The van der Waals surface area contributed by atoms with Crippen LogP contribution in [-0.4, -0.2) is 97.9 Å². The maximum Gasteiger partial charge on any atom is 0.407 e. The molecule has 0 saturated heterocycles. The van der Waals surface area contributed by atoms with E-state index in [0.29, 0.717) is 31.9 Å². The van der Waals surface area contributed by atoms with Crippen LogP contribution < -0.4 is 19.5 Å². The summed E-state index contributed by atoms with van der Waals surface area (Å²) in [5, 5.41) is 25.5. The number of sulfone groups is 1. The van der Waals surface area contributed by atoms with Gasteiger partial charge in [-0.15, -0.1) is 10.2 Å². The largest absolute Gasteiger partial charge is 0.497 e. The molecule has 0 spiro atoms. The number of tetrazole rings is 1. The maximum absolute atomic E-state index is 15.4. The molecule has 0 radical (unpaired) electrons. The van der Waals surface area contributed by atoms with Gasteiger partial charge in [0, 0.05) is 16.7 Å². The Bertz CT molecular complexity index is 2360. The second kappa shape index (κ2) is 18.8. The van der Waals surface area contributed by atoms with Crippen molar-refractivity contribution in [3.05, 3.63) is 105 Å². The summed E-state index contributed by atoms with van der Waals surface area (Å²) < 4.78 is 82.5. The molecule has 19 heteroatoms. The number of carbonyl (C=O) groups is 1. The van der Waals surface area contributed by atoms with Crippen LogP contribution >= 0.6 is 22.6 Å². The quantitative estimate of drug-likeness (QED) is 0.117. The Labute approximate surface area is 351 Å². The Kier molecular flexibility index (Phi) is 14.4. The van der Waals surface area contributed by atoms with Crippen molar-refractivity contribution in [1.82, 2.24) is 29.8 Å². The minimum Gasteiger partial charge on any atom is -0.497 e. The number of methoxy groups -OCH3 is 3. The number of aliphatic hydroxyl groups excluding tert-OH is 1. The predicted molar refractivity (Wildman–Crippen MR) is 223 cm³/mol. The van der Waals surface area contributed by atoms with Crippen LogP contribution in [0.3, 0.4) is 0 Å². The van der Waals surface area contributed by atoms with E-state index < -0.39 is 59.7 Å². The van der Waals surface area contributed by atoms with Crippen molar-refractivity contribution < 1.29 is 45.7 Å². The minimum atomic E-state index is -4.81. The molecule has 16 nitrogen and oxygen atoms in total. The van der Waals surface area contributed by atoms with E-state index in [9.17, 15) is 18.3 Å². The number of halogens is 1. The lowest BCUT2D eigenvalue weighted by atomic mass is 10.2. The van der Waals surface area contributed by atoms with Crippen molar-refractivity contribution in [1.29, 1.82) is 0 Å². The zero-order valence-corrected chi connectivity index (χ0v) is 36.5. The molecule has 0 aliphatic rings. The summed E-state index contributed by atoms with van der Waals surface area (Å²) in [6.07, 6.45) is -0.958. The lowest BCUT2D eigenvalue weighted by Gasteiger charge is -2.26. The predicted octanol–water partition coefficient (Wildman–Crippen LogP) is 5.07. The van der Waals surface area contributed by atoms with Crippen LogP contribution in [0.4, 0.5) is 4.79 Å². The van der Waals surface area contributed by atoms with Crippen molar-refractivity contribution >= 4 is 48.5 Å². The number of ether oxygens (including phenoxy) is 4. The number of amides is 1. The van der Waals surface area contributed by atoms with Crippen LogP contribution in [0.1, 0.15) is 37.5 Å². The van der Waals surface area contributed by atoms with Crippen LogP contribution in [-0.2, 0) is 44.2 Å². The Balaban J connectivity index is 1.68. The number of alkyl carbamates (subject to hydrolysis) is 1. The molecule has 0 fully saturated rings. The topological polar surface area (TPSA) is 201 Å². The van der Waals surface area contributed by atoms with Crippen LogP contribution in [0, 0.1) is 3.57 Å². The Morgan fingerprint density at radius 2 is 1.31 bits per heavy atom. The molecular weight excluding hydrogens is 903 g/mol. The summed E-state index contributed by atoms with van der Waals surface area (Å²) in [6, 6.07) is 22.1. The third-order valence-corrected chi connectivity index (χ3v) is 13.3. The van der Waals surface area contributed by atoms with E-state index in [1.165, 1.54) is 31.1 Å². The van der Waals surface area contributed by atoms with Gasteiger partial charge in [0.1, 0.15) is 27.7 Å². The molecule has 0 aliphatic heterocycles.